The van der Waals surface area contributed by atoms with Gasteiger partial charge in [-0.15, -0.1) is 0 Å². The highest BCUT2D eigenvalue weighted by molar-refractivity contribution is 6.32. The lowest BCUT2D eigenvalue weighted by Crippen LogP contribution is -2.36. The normalized spacial score (nSPS) is 14.5. The van der Waals surface area contributed by atoms with Gasteiger partial charge >= 0.3 is 0 Å². The number of benzene rings is 1. The van der Waals surface area contributed by atoms with Gasteiger partial charge < -0.3 is 15.0 Å². The average Bonchev–Trinajstić information content (AvgIpc) is 2.62. The molecule has 0 bridgehead atoms. The van der Waals surface area contributed by atoms with Crippen molar-refractivity contribution in [1.82, 2.24) is 4.98 Å². The van der Waals surface area contributed by atoms with E-state index in [4.69, 9.17) is 16.3 Å². The van der Waals surface area contributed by atoms with Crippen molar-refractivity contribution >= 4 is 29.0 Å². The van der Waals surface area contributed by atoms with Crippen molar-refractivity contribution in [3.8, 4) is 0 Å². The molecule has 1 amide bonds. The van der Waals surface area contributed by atoms with Crippen molar-refractivity contribution in [2.24, 2.45) is 0 Å². The van der Waals surface area contributed by atoms with Gasteiger partial charge in [-0.05, 0) is 37.6 Å². The number of pyridine rings is 1. The summed E-state index contributed by atoms with van der Waals surface area (Å²) in [5.74, 6) is -0.429. The summed E-state index contributed by atoms with van der Waals surface area (Å²) < 4.78 is 19.5. The Balaban J connectivity index is 1.79. The number of nitrogens with zero attached hydrogens (tertiary/aromatic N) is 2. The number of carbonyl (C=O) groups excluding carboxylic acids is 1. The smallest absolute Gasteiger partial charge is 0.258 e. The van der Waals surface area contributed by atoms with Crippen LogP contribution in [0.2, 0.25) is 5.02 Å². The molecule has 0 radical (unpaired) electrons. The Hall–Kier alpha value is -2.18. The van der Waals surface area contributed by atoms with Gasteiger partial charge in [0.15, 0.2) is 5.82 Å². The van der Waals surface area contributed by atoms with Crippen molar-refractivity contribution in [3.05, 3.63) is 51.9 Å². The fourth-order valence-corrected chi connectivity index (χ4v) is 2.82. The lowest BCUT2D eigenvalue weighted by Gasteiger charge is -2.28. The van der Waals surface area contributed by atoms with Gasteiger partial charge in [-0.3, -0.25) is 4.79 Å². The van der Waals surface area contributed by atoms with Gasteiger partial charge in [0, 0.05) is 13.1 Å². The summed E-state index contributed by atoms with van der Waals surface area (Å²) in [5, 5.41) is 2.66. The molecule has 3 rings (SSSR count). The Morgan fingerprint density at radius 3 is 2.64 bits per heavy atom. The quantitative estimate of drug-likeness (QED) is 0.905. The van der Waals surface area contributed by atoms with E-state index in [0.29, 0.717) is 30.2 Å². The molecule has 1 aromatic carbocycles. The maximum absolute atomic E-state index is 14.2. The third-order valence-electron chi connectivity index (χ3n) is 4.17. The number of ether oxygens (including phenoxy) is 1. The van der Waals surface area contributed by atoms with E-state index in [1.807, 2.05) is 6.07 Å². The van der Waals surface area contributed by atoms with E-state index in [1.54, 1.807) is 26.0 Å². The number of hydrogen-bond acceptors (Lipinski definition) is 4. The molecule has 0 saturated carbocycles. The van der Waals surface area contributed by atoms with Crippen LogP contribution in [0.3, 0.4) is 0 Å². The van der Waals surface area contributed by atoms with Gasteiger partial charge in [0.25, 0.3) is 5.91 Å². The maximum atomic E-state index is 14.2. The number of hydrogen-bond donors (Lipinski definition) is 1. The lowest BCUT2D eigenvalue weighted by atomic mass is 10.1. The predicted octanol–water partition coefficient (Wildman–Crippen LogP) is 3.58. The van der Waals surface area contributed by atoms with E-state index < -0.39 is 11.7 Å². The van der Waals surface area contributed by atoms with Crippen molar-refractivity contribution in [3.63, 3.8) is 0 Å². The molecule has 1 aliphatic heterocycles. The number of aromatic nitrogens is 1. The van der Waals surface area contributed by atoms with Crippen LogP contribution in [0.15, 0.2) is 24.3 Å². The van der Waals surface area contributed by atoms with Gasteiger partial charge in [0.05, 0.1) is 35.2 Å². The molecular formula is C18H19ClFN3O2. The van der Waals surface area contributed by atoms with Crippen LogP contribution in [-0.4, -0.2) is 37.2 Å². The van der Waals surface area contributed by atoms with E-state index in [-0.39, 0.29) is 10.6 Å². The molecule has 132 valence electrons. The first-order valence-electron chi connectivity index (χ1n) is 8.03. The fraction of sp³-hybridized carbons (Fsp3) is 0.333. The Morgan fingerprint density at radius 1 is 1.24 bits per heavy atom. The topological polar surface area (TPSA) is 54.5 Å². The lowest BCUT2D eigenvalue weighted by molar-refractivity contribution is 0.102. The zero-order valence-corrected chi connectivity index (χ0v) is 14.9. The second-order valence-electron chi connectivity index (χ2n) is 5.91. The zero-order valence-electron chi connectivity index (χ0n) is 14.1. The van der Waals surface area contributed by atoms with E-state index in [9.17, 15) is 9.18 Å². The molecule has 0 unspecified atom stereocenters. The van der Waals surface area contributed by atoms with E-state index in [1.165, 1.54) is 6.07 Å². The SMILES string of the molecule is Cc1ccc(C(=O)Nc2ccc(N3CCOCC3)nc2C)c(F)c1Cl. The molecule has 2 aromatic rings. The van der Waals surface area contributed by atoms with Gasteiger partial charge in [-0.25, -0.2) is 9.37 Å². The Kier molecular flexibility index (Phi) is 5.20. The molecule has 2 heterocycles. The largest absolute Gasteiger partial charge is 0.378 e. The van der Waals surface area contributed by atoms with Crippen LogP contribution in [0.4, 0.5) is 15.9 Å². The van der Waals surface area contributed by atoms with E-state index in [2.05, 4.69) is 15.2 Å². The first kappa shape index (κ1) is 17.6. The molecule has 0 atom stereocenters. The maximum Gasteiger partial charge on any atom is 0.258 e. The molecule has 1 aromatic heterocycles. The molecule has 0 spiro atoms. The van der Waals surface area contributed by atoms with Crippen LogP contribution in [0, 0.1) is 19.7 Å². The predicted molar refractivity (Wildman–Crippen MR) is 96.1 cm³/mol. The van der Waals surface area contributed by atoms with Crippen LogP contribution >= 0.6 is 11.6 Å². The number of aryl methyl sites for hydroxylation is 2. The van der Waals surface area contributed by atoms with Crippen LogP contribution < -0.4 is 10.2 Å². The number of carbonyl (C=O) groups is 1. The Bertz CT molecular complexity index is 807. The van der Waals surface area contributed by atoms with Gasteiger partial charge in [0.2, 0.25) is 0 Å². The van der Waals surface area contributed by atoms with E-state index >= 15 is 0 Å². The molecular weight excluding hydrogens is 345 g/mol. The average molecular weight is 364 g/mol. The molecule has 0 aliphatic carbocycles. The van der Waals surface area contributed by atoms with Gasteiger partial charge in [0.1, 0.15) is 5.82 Å². The minimum absolute atomic E-state index is 0.0369. The summed E-state index contributed by atoms with van der Waals surface area (Å²) in [7, 11) is 0. The molecule has 25 heavy (non-hydrogen) atoms. The van der Waals surface area contributed by atoms with Gasteiger partial charge in [-0.1, -0.05) is 17.7 Å². The minimum atomic E-state index is -0.713. The number of anilines is 2. The van der Waals surface area contributed by atoms with Crippen LogP contribution in [0.25, 0.3) is 0 Å². The standard InChI is InChI=1S/C18H19ClFN3O2/c1-11-3-4-13(17(20)16(11)19)18(24)22-14-5-6-15(21-12(14)2)23-7-9-25-10-8-23/h3-6H,7-10H2,1-2H3,(H,22,24). The second kappa shape index (κ2) is 7.37. The summed E-state index contributed by atoms with van der Waals surface area (Å²) in [4.78, 5) is 19.0. The van der Waals surface area contributed by atoms with Gasteiger partial charge in [-0.2, -0.15) is 0 Å². The molecule has 7 heteroatoms. The van der Waals surface area contributed by atoms with Crippen LogP contribution in [0.5, 0.6) is 0 Å². The Morgan fingerprint density at radius 2 is 1.96 bits per heavy atom. The summed E-state index contributed by atoms with van der Waals surface area (Å²) >= 11 is 5.88. The molecule has 5 nitrogen and oxygen atoms in total. The molecule has 1 saturated heterocycles. The van der Waals surface area contributed by atoms with Crippen molar-refractivity contribution in [2.75, 3.05) is 36.5 Å². The van der Waals surface area contributed by atoms with E-state index in [0.717, 1.165) is 18.9 Å². The highest BCUT2D eigenvalue weighted by atomic mass is 35.5. The van der Waals surface area contributed by atoms with Crippen molar-refractivity contribution < 1.29 is 13.9 Å². The highest BCUT2D eigenvalue weighted by Crippen LogP contribution is 2.24. The first-order chi connectivity index (χ1) is 12.0. The monoisotopic (exact) mass is 363 g/mol. The van der Waals surface area contributed by atoms with Crippen LogP contribution in [0.1, 0.15) is 21.6 Å². The molecule has 1 N–H and O–H groups in total. The van der Waals surface area contributed by atoms with Crippen LogP contribution in [-0.2, 0) is 4.74 Å². The Labute approximate surface area is 150 Å². The first-order valence-corrected chi connectivity index (χ1v) is 8.41. The highest BCUT2D eigenvalue weighted by Gasteiger charge is 2.18. The number of nitrogens with one attached hydrogen (secondary N) is 1. The third kappa shape index (κ3) is 3.75. The second-order valence-corrected chi connectivity index (χ2v) is 6.29. The van der Waals surface area contributed by atoms with Crippen molar-refractivity contribution in [2.45, 2.75) is 13.8 Å². The number of amides is 1. The summed E-state index contributed by atoms with van der Waals surface area (Å²) in [6.07, 6.45) is 0. The van der Waals surface area contributed by atoms with Crippen molar-refractivity contribution in [1.29, 1.82) is 0 Å². The zero-order chi connectivity index (χ0) is 18.0. The number of rotatable bonds is 3. The number of morpholine rings is 1. The third-order valence-corrected chi connectivity index (χ3v) is 4.64. The number of halogens is 2. The summed E-state index contributed by atoms with van der Waals surface area (Å²) in [6.45, 7) is 6.40. The summed E-state index contributed by atoms with van der Waals surface area (Å²) in [5.41, 5.74) is 1.70. The molecule has 1 fully saturated rings. The summed E-state index contributed by atoms with van der Waals surface area (Å²) in [6, 6.07) is 6.66. The molecule has 1 aliphatic rings. The fourth-order valence-electron chi connectivity index (χ4n) is 2.66. The minimum Gasteiger partial charge on any atom is -0.378 e.